The second-order valence-electron chi connectivity index (χ2n) is 3.59. The average Bonchev–Trinajstić information content (AvgIpc) is 2.69. The van der Waals surface area contributed by atoms with Crippen LogP contribution in [0.1, 0.15) is 0 Å². The minimum atomic E-state index is -7.81. The third-order valence-electron chi connectivity index (χ3n) is 2.31. The summed E-state index contributed by atoms with van der Waals surface area (Å²) in [5, 5.41) is 0. The summed E-state index contributed by atoms with van der Waals surface area (Å²) in [6, 6.07) is 0. The van der Waals surface area contributed by atoms with E-state index >= 15 is 0 Å². The third kappa shape index (κ3) is 2.40. The van der Waals surface area contributed by atoms with E-state index in [2.05, 4.69) is 22.6 Å². The van der Waals surface area contributed by atoms with Crippen LogP contribution in [0.15, 0.2) is 0 Å². The topological polar surface area (TPSA) is 158 Å². The Morgan fingerprint density at radius 3 is 0.714 bits per heavy atom. The van der Waals surface area contributed by atoms with E-state index in [0.29, 0.717) is 0 Å². The zero-order chi connectivity index (χ0) is 14.1. The summed E-state index contributed by atoms with van der Waals surface area (Å²) < 4.78 is 25.5. The Kier molecular flexibility index (Phi) is 4.75. The van der Waals surface area contributed by atoms with Gasteiger partial charge < -0.3 is 0 Å². The van der Waals surface area contributed by atoms with Crippen molar-refractivity contribution in [2.75, 3.05) is 0 Å². The summed E-state index contributed by atoms with van der Waals surface area (Å²) in [7, 11) is 0. The van der Waals surface area contributed by atoms with Crippen LogP contribution in [0, 0.1) is 0 Å². The van der Waals surface area contributed by atoms with Crippen LogP contribution in [0.2, 0.25) is 0 Å². The predicted molar refractivity (Wildman–Crippen MR) is 42.3 cm³/mol. The smallest absolute Gasteiger partial charge is 1.00 e. The molecule has 0 aliphatic carbocycles. The molecule has 3 fully saturated rings. The fourth-order valence-electron chi connectivity index (χ4n) is 1.70. The number of hydrogen-bond acceptors (Lipinski definition) is 12. The van der Waals surface area contributed by atoms with Gasteiger partial charge in [-0.2, -0.15) is 0 Å². The van der Waals surface area contributed by atoms with Gasteiger partial charge in [0, 0.05) is 0 Å². The standard InChI is InChI=1S/C6GeO12.2K/c8-1-2(9)15-7(14-1,16-3(10)4(11)17-7)18-5(12)6(13)19-7;;/q-2;2*+1. The summed E-state index contributed by atoms with van der Waals surface area (Å²) in [5.74, 6) is -10.9. The van der Waals surface area contributed by atoms with Crippen molar-refractivity contribution in [1.82, 2.24) is 0 Å². The Hall–Kier alpha value is 0.636. The van der Waals surface area contributed by atoms with Crippen LogP contribution in [0.5, 0.6) is 0 Å². The van der Waals surface area contributed by atoms with Gasteiger partial charge in [-0.25, -0.2) is 0 Å². The SMILES string of the molecule is O=C1[O][Ge-2]23([O]C1=O)([O]C(=O)C(=O)[O]2)[O]C(=O)C(=O)[O]3.[K+].[K+]. The molecule has 3 saturated heterocycles. The largest absolute Gasteiger partial charge is 1.00 e. The van der Waals surface area contributed by atoms with Gasteiger partial charge in [0.05, 0.1) is 0 Å². The summed E-state index contributed by atoms with van der Waals surface area (Å²) in [6.45, 7) is 0. The molecule has 0 saturated carbocycles. The minimum absolute atomic E-state index is 0. The first kappa shape index (κ1) is 19.7. The van der Waals surface area contributed by atoms with Gasteiger partial charge in [-0.1, -0.05) is 0 Å². The van der Waals surface area contributed by atoms with E-state index in [1.54, 1.807) is 0 Å². The first-order valence-corrected chi connectivity index (χ1v) is 9.56. The molecule has 102 valence electrons. The van der Waals surface area contributed by atoms with Crippen molar-refractivity contribution in [3.8, 4) is 0 Å². The zero-order valence-corrected chi connectivity index (χ0v) is 18.7. The molecule has 1 spiro atoms. The van der Waals surface area contributed by atoms with Crippen molar-refractivity contribution in [2.45, 2.75) is 0 Å². The Balaban J connectivity index is 0.00000110. The van der Waals surface area contributed by atoms with E-state index < -0.39 is 48.9 Å². The van der Waals surface area contributed by atoms with Gasteiger partial charge in [-0.3, -0.25) is 0 Å². The van der Waals surface area contributed by atoms with E-state index in [4.69, 9.17) is 0 Å². The maximum Gasteiger partial charge on any atom is 1.00 e. The van der Waals surface area contributed by atoms with Crippen LogP contribution in [0.4, 0.5) is 0 Å². The number of carbonyl (C=O) groups excluding carboxylic acids is 6. The molecule has 12 nitrogen and oxygen atoms in total. The number of carbonyl (C=O) groups is 6. The molecule has 0 unspecified atom stereocenters. The average molecular weight is 415 g/mol. The molecule has 0 radical (unpaired) electrons. The van der Waals surface area contributed by atoms with E-state index in [9.17, 15) is 28.8 Å². The molecular weight excluding hydrogens is 415 g/mol. The van der Waals surface area contributed by atoms with Gasteiger partial charge in [0.2, 0.25) is 0 Å². The maximum absolute atomic E-state index is 11.1. The van der Waals surface area contributed by atoms with Crippen molar-refractivity contribution >= 4 is 48.9 Å². The normalized spacial score (nSPS) is 29.1. The van der Waals surface area contributed by atoms with Crippen LogP contribution in [0.25, 0.3) is 0 Å². The van der Waals surface area contributed by atoms with Crippen molar-refractivity contribution < 1.29 is 154 Å². The molecule has 0 atom stereocenters. The molecule has 3 heterocycles. The van der Waals surface area contributed by atoms with Crippen LogP contribution < -0.4 is 103 Å². The van der Waals surface area contributed by atoms with E-state index in [1.165, 1.54) is 0 Å². The molecule has 21 heavy (non-hydrogen) atoms. The van der Waals surface area contributed by atoms with Gasteiger partial charge in [0.15, 0.2) is 0 Å². The molecule has 0 N–H and O–H groups in total. The Labute approximate surface area is 199 Å². The summed E-state index contributed by atoms with van der Waals surface area (Å²) >= 11 is -7.81. The fraction of sp³-hybridized carbons (Fsp3) is 0. The number of hydrogen-bond donors (Lipinski definition) is 0. The van der Waals surface area contributed by atoms with E-state index in [0.717, 1.165) is 0 Å². The van der Waals surface area contributed by atoms with Gasteiger partial charge in [-0.05, 0) is 0 Å². The molecule has 0 bridgehead atoms. The first-order valence-electron chi connectivity index (χ1n) is 4.42. The van der Waals surface area contributed by atoms with Gasteiger partial charge in [0.1, 0.15) is 0 Å². The number of rotatable bonds is 0. The second kappa shape index (κ2) is 5.06. The van der Waals surface area contributed by atoms with E-state index in [-0.39, 0.29) is 103 Å². The Bertz CT molecular complexity index is 505. The molecular formula is C6GeK2O12. The quantitative estimate of drug-likeness (QED) is 0.272. The van der Waals surface area contributed by atoms with Crippen molar-refractivity contribution in [2.24, 2.45) is 0 Å². The molecule has 15 heteroatoms. The minimum Gasteiger partial charge on any atom is 1.00 e. The second-order valence-corrected chi connectivity index (χ2v) is 11.4. The van der Waals surface area contributed by atoms with Crippen molar-refractivity contribution in [3.63, 3.8) is 0 Å². The van der Waals surface area contributed by atoms with Crippen LogP contribution >= 0.6 is 0 Å². The molecule has 3 rings (SSSR count). The maximum atomic E-state index is 11.1. The Morgan fingerprint density at radius 1 is 0.429 bits per heavy atom. The molecule has 3 aliphatic heterocycles. The van der Waals surface area contributed by atoms with Gasteiger partial charge >= 0.3 is 203 Å². The third-order valence-corrected chi connectivity index (χ3v) is 9.89. The van der Waals surface area contributed by atoms with E-state index in [1.807, 2.05) is 0 Å². The van der Waals surface area contributed by atoms with Crippen LogP contribution in [0.3, 0.4) is 0 Å². The summed E-state index contributed by atoms with van der Waals surface area (Å²) in [6.07, 6.45) is 0. The van der Waals surface area contributed by atoms with Crippen molar-refractivity contribution in [3.05, 3.63) is 0 Å². The van der Waals surface area contributed by atoms with Gasteiger partial charge in [0.25, 0.3) is 0 Å². The zero-order valence-electron chi connectivity index (χ0n) is 10.4. The van der Waals surface area contributed by atoms with Crippen LogP contribution in [-0.2, 0) is 51.3 Å². The first-order chi connectivity index (χ1) is 8.65. The summed E-state index contributed by atoms with van der Waals surface area (Å²) in [5.41, 5.74) is 0. The fourth-order valence-corrected chi connectivity index (χ4v) is 8.82. The Morgan fingerprint density at radius 2 is 0.571 bits per heavy atom. The molecule has 3 aliphatic rings. The van der Waals surface area contributed by atoms with Crippen molar-refractivity contribution in [1.29, 1.82) is 0 Å². The predicted octanol–water partition coefficient (Wildman–Crippen LogP) is -9.37. The molecule has 0 aromatic heterocycles. The molecule has 0 aromatic carbocycles. The molecule has 0 aromatic rings. The monoisotopic (exact) mass is 416 g/mol. The van der Waals surface area contributed by atoms with Crippen LogP contribution in [-0.4, -0.2) is 48.9 Å². The molecule has 0 amide bonds. The van der Waals surface area contributed by atoms with Gasteiger partial charge in [-0.15, -0.1) is 0 Å². The summed E-state index contributed by atoms with van der Waals surface area (Å²) in [4.78, 5) is 66.6.